The summed E-state index contributed by atoms with van der Waals surface area (Å²) in [7, 11) is 0. The minimum atomic E-state index is -0.455. The highest BCUT2D eigenvalue weighted by atomic mass is 16.4. The Morgan fingerprint density at radius 3 is 2.72 bits per heavy atom. The maximum atomic E-state index is 12.0. The molecular weight excluding hydrogens is 320 g/mol. The van der Waals surface area contributed by atoms with Gasteiger partial charge in [-0.15, -0.1) is 0 Å². The first-order chi connectivity index (χ1) is 12.0. The molecule has 0 atom stereocenters. The van der Waals surface area contributed by atoms with Gasteiger partial charge in [0.1, 0.15) is 11.3 Å². The first-order valence-corrected chi connectivity index (χ1v) is 8.70. The molecule has 0 unspecified atom stereocenters. The molecule has 6 nitrogen and oxygen atoms in total. The second-order valence-electron chi connectivity index (χ2n) is 6.24. The van der Waals surface area contributed by atoms with Gasteiger partial charge in [-0.25, -0.2) is 4.79 Å². The average Bonchev–Trinajstić information content (AvgIpc) is 2.57. The van der Waals surface area contributed by atoms with Crippen molar-refractivity contribution in [1.82, 2.24) is 10.2 Å². The molecule has 136 valence electrons. The maximum Gasteiger partial charge on any atom is 0.336 e. The summed E-state index contributed by atoms with van der Waals surface area (Å²) in [5.74, 6) is 0.0774. The zero-order chi connectivity index (χ0) is 18.4. The van der Waals surface area contributed by atoms with Crippen LogP contribution in [-0.2, 0) is 11.3 Å². The normalized spacial score (nSPS) is 11.2. The lowest BCUT2D eigenvalue weighted by Gasteiger charge is -2.22. The Balaban J connectivity index is 2.31. The Hall–Kier alpha value is -2.34. The summed E-state index contributed by atoms with van der Waals surface area (Å²) in [4.78, 5) is 26.0. The first kappa shape index (κ1) is 19.0. The molecule has 1 heterocycles. The van der Waals surface area contributed by atoms with E-state index in [1.165, 1.54) is 6.07 Å². The van der Waals surface area contributed by atoms with Crippen LogP contribution in [0.2, 0.25) is 0 Å². The van der Waals surface area contributed by atoms with Crippen LogP contribution in [0.3, 0.4) is 0 Å². The van der Waals surface area contributed by atoms with Crippen LogP contribution in [0.25, 0.3) is 11.0 Å². The van der Waals surface area contributed by atoms with E-state index in [0.29, 0.717) is 24.2 Å². The first-order valence-electron chi connectivity index (χ1n) is 8.70. The molecule has 2 rings (SSSR count). The van der Waals surface area contributed by atoms with Crippen LogP contribution < -0.4 is 10.9 Å². The zero-order valence-electron chi connectivity index (χ0n) is 15.1. The number of aromatic hydroxyl groups is 1. The highest BCUT2D eigenvalue weighted by Crippen LogP contribution is 2.27. The maximum absolute atomic E-state index is 12.0. The van der Waals surface area contributed by atoms with Gasteiger partial charge in [-0.05, 0) is 44.0 Å². The largest absolute Gasteiger partial charge is 0.508 e. The van der Waals surface area contributed by atoms with Crippen LogP contribution in [0, 0.1) is 6.92 Å². The molecule has 0 aliphatic heterocycles. The van der Waals surface area contributed by atoms with Crippen molar-refractivity contribution in [2.75, 3.05) is 19.6 Å². The molecule has 0 aliphatic rings. The minimum Gasteiger partial charge on any atom is -0.508 e. The van der Waals surface area contributed by atoms with Gasteiger partial charge in [0.2, 0.25) is 5.91 Å². The standard InChI is InChI=1S/C19H26N2O4/c1-4-8-20-17(23)12-21(9-5-2)11-14-10-18(24)25-19-13(3)16(22)7-6-15(14)19/h6-7,10,22H,4-5,8-9,11-12H2,1-3H3,(H,20,23). The van der Waals surface area contributed by atoms with E-state index < -0.39 is 5.63 Å². The third-order valence-corrected chi connectivity index (χ3v) is 4.09. The van der Waals surface area contributed by atoms with Crippen LogP contribution in [0.15, 0.2) is 27.4 Å². The van der Waals surface area contributed by atoms with Crippen molar-refractivity contribution < 1.29 is 14.3 Å². The van der Waals surface area contributed by atoms with Gasteiger partial charge in [-0.1, -0.05) is 13.8 Å². The number of carbonyl (C=O) groups is 1. The minimum absolute atomic E-state index is 0.0172. The third kappa shape index (κ3) is 4.82. The summed E-state index contributed by atoms with van der Waals surface area (Å²) in [6, 6.07) is 4.81. The number of aryl methyl sites for hydroxylation is 1. The number of phenolic OH excluding ortho intramolecular Hbond substituents is 1. The fraction of sp³-hybridized carbons (Fsp3) is 0.474. The summed E-state index contributed by atoms with van der Waals surface area (Å²) in [5.41, 5.74) is 1.28. The summed E-state index contributed by atoms with van der Waals surface area (Å²) in [6.45, 7) is 7.94. The van der Waals surface area contributed by atoms with Crippen molar-refractivity contribution in [3.05, 3.63) is 39.7 Å². The Bertz CT molecular complexity index is 798. The number of fused-ring (bicyclic) bond motifs is 1. The van der Waals surface area contributed by atoms with Crippen LogP contribution in [0.4, 0.5) is 0 Å². The van der Waals surface area contributed by atoms with Gasteiger partial charge < -0.3 is 14.8 Å². The van der Waals surface area contributed by atoms with E-state index in [1.54, 1.807) is 19.1 Å². The fourth-order valence-corrected chi connectivity index (χ4v) is 2.84. The molecule has 0 aliphatic carbocycles. The number of carbonyl (C=O) groups excluding carboxylic acids is 1. The van der Waals surface area contributed by atoms with Crippen LogP contribution >= 0.6 is 0 Å². The van der Waals surface area contributed by atoms with Crippen LogP contribution in [0.1, 0.15) is 37.8 Å². The summed E-state index contributed by atoms with van der Waals surface area (Å²) >= 11 is 0. The van der Waals surface area contributed by atoms with Crippen LogP contribution in [0.5, 0.6) is 5.75 Å². The molecule has 0 bridgehead atoms. The molecule has 1 aromatic carbocycles. The van der Waals surface area contributed by atoms with Crippen molar-refractivity contribution in [2.24, 2.45) is 0 Å². The van der Waals surface area contributed by atoms with Crippen molar-refractivity contribution in [2.45, 2.75) is 40.2 Å². The van der Waals surface area contributed by atoms with Crippen LogP contribution in [-0.4, -0.2) is 35.5 Å². The molecule has 1 amide bonds. The molecule has 25 heavy (non-hydrogen) atoms. The van der Waals surface area contributed by atoms with E-state index in [-0.39, 0.29) is 18.2 Å². The highest BCUT2D eigenvalue weighted by molar-refractivity contribution is 5.85. The molecule has 2 N–H and O–H groups in total. The molecule has 2 aromatic rings. The monoisotopic (exact) mass is 346 g/mol. The van der Waals surface area contributed by atoms with E-state index in [9.17, 15) is 14.7 Å². The Morgan fingerprint density at radius 1 is 1.28 bits per heavy atom. The van der Waals surface area contributed by atoms with Crippen molar-refractivity contribution in [3.63, 3.8) is 0 Å². The average molecular weight is 346 g/mol. The predicted octanol–water partition coefficient (Wildman–Crippen LogP) is 2.55. The fourth-order valence-electron chi connectivity index (χ4n) is 2.84. The lowest BCUT2D eigenvalue weighted by atomic mass is 10.1. The van der Waals surface area contributed by atoms with Gasteiger partial charge in [0.25, 0.3) is 0 Å². The summed E-state index contributed by atoms with van der Waals surface area (Å²) in [6.07, 6.45) is 1.80. The second-order valence-corrected chi connectivity index (χ2v) is 6.24. The van der Waals surface area contributed by atoms with E-state index >= 15 is 0 Å². The molecule has 0 saturated heterocycles. The molecule has 6 heteroatoms. The number of phenols is 1. The van der Waals surface area contributed by atoms with Crippen molar-refractivity contribution in [3.8, 4) is 5.75 Å². The molecule has 0 fully saturated rings. The molecule has 0 radical (unpaired) electrons. The number of hydrogen-bond donors (Lipinski definition) is 2. The van der Waals surface area contributed by atoms with Gasteiger partial charge in [-0.2, -0.15) is 0 Å². The SMILES string of the molecule is CCCNC(=O)CN(CCC)Cc1cc(=O)oc2c(C)c(O)ccc12. The lowest BCUT2D eigenvalue weighted by Crippen LogP contribution is -2.37. The number of nitrogens with zero attached hydrogens (tertiary/aromatic N) is 1. The molecular formula is C19H26N2O4. The topological polar surface area (TPSA) is 82.8 Å². The highest BCUT2D eigenvalue weighted by Gasteiger charge is 2.15. The van der Waals surface area contributed by atoms with E-state index in [4.69, 9.17) is 4.42 Å². The van der Waals surface area contributed by atoms with Gasteiger partial charge in [0.05, 0.1) is 6.54 Å². The molecule has 0 spiro atoms. The van der Waals surface area contributed by atoms with E-state index in [0.717, 1.165) is 30.3 Å². The third-order valence-electron chi connectivity index (χ3n) is 4.09. The summed E-state index contributed by atoms with van der Waals surface area (Å²) in [5, 5.41) is 13.5. The predicted molar refractivity (Wildman–Crippen MR) is 97.8 cm³/mol. The quantitative estimate of drug-likeness (QED) is 0.718. The Morgan fingerprint density at radius 2 is 2.04 bits per heavy atom. The van der Waals surface area contributed by atoms with Crippen molar-refractivity contribution >= 4 is 16.9 Å². The number of nitrogens with one attached hydrogen (secondary N) is 1. The number of benzene rings is 1. The zero-order valence-corrected chi connectivity index (χ0v) is 15.1. The van der Waals surface area contributed by atoms with Gasteiger partial charge >= 0.3 is 5.63 Å². The lowest BCUT2D eigenvalue weighted by molar-refractivity contribution is -0.122. The molecule has 1 aromatic heterocycles. The smallest absolute Gasteiger partial charge is 0.336 e. The number of amides is 1. The van der Waals surface area contributed by atoms with Crippen molar-refractivity contribution in [1.29, 1.82) is 0 Å². The Kier molecular flexibility index (Phi) is 6.58. The van der Waals surface area contributed by atoms with E-state index in [2.05, 4.69) is 12.2 Å². The number of hydrogen-bond acceptors (Lipinski definition) is 5. The van der Waals surface area contributed by atoms with Gasteiger partial charge in [0.15, 0.2) is 0 Å². The van der Waals surface area contributed by atoms with Gasteiger partial charge in [0, 0.05) is 30.1 Å². The summed E-state index contributed by atoms with van der Waals surface area (Å²) < 4.78 is 5.28. The van der Waals surface area contributed by atoms with E-state index in [1.807, 2.05) is 11.8 Å². The molecule has 0 saturated carbocycles. The van der Waals surface area contributed by atoms with Gasteiger partial charge in [-0.3, -0.25) is 9.69 Å². The Labute approximate surface area is 147 Å². The number of rotatable bonds is 8. The second kappa shape index (κ2) is 8.67.